The van der Waals surface area contributed by atoms with Crippen LogP contribution in [0.2, 0.25) is 0 Å². The molecule has 0 saturated heterocycles. The zero-order chi connectivity index (χ0) is 9.97. The fourth-order valence-corrected chi connectivity index (χ4v) is 2.08. The van der Waals surface area contributed by atoms with E-state index in [0.29, 0.717) is 6.04 Å². The van der Waals surface area contributed by atoms with E-state index in [1.54, 1.807) is 0 Å². The van der Waals surface area contributed by atoms with E-state index in [0.717, 1.165) is 18.0 Å². The van der Waals surface area contributed by atoms with Gasteiger partial charge in [-0.05, 0) is 36.2 Å². The predicted octanol–water partition coefficient (Wildman–Crippen LogP) is 1.77. The first-order valence-electron chi connectivity index (χ1n) is 4.87. The van der Waals surface area contributed by atoms with Crippen LogP contribution in [0.15, 0.2) is 24.3 Å². The Kier molecular flexibility index (Phi) is 2.68. The molecule has 3 heteroatoms. The highest BCUT2D eigenvalue weighted by Crippen LogP contribution is 2.30. The van der Waals surface area contributed by atoms with Crippen molar-refractivity contribution in [2.24, 2.45) is 0 Å². The van der Waals surface area contributed by atoms with Crippen molar-refractivity contribution in [3.05, 3.63) is 35.4 Å². The lowest BCUT2D eigenvalue weighted by molar-refractivity contribution is 0.635. The summed E-state index contributed by atoms with van der Waals surface area (Å²) in [5.41, 5.74) is 2.84. The number of fused-ring (bicyclic) bond motifs is 1. The van der Waals surface area contributed by atoms with Gasteiger partial charge in [-0.25, -0.2) is 0 Å². The largest absolute Gasteiger partial charge is 0.366 e. The van der Waals surface area contributed by atoms with E-state index in [1.165, 1.54) is 11.1 Å². The number of hydrogen-bond donors (Lipinski definition) is 2. The molecule has 0 saturated carbocycles. The van der Waals surface area contributed by atoms with Crippen LogP contribution in [0.5, 0.6) is 0 Å². The Morgan fingerprint density at radius 1 is 1.43 bits per heavy atom. The van der Waals surface area contributed by atoms with Crippen molar-refractivity contribution in [3.8, 4) is 0 Å². The maximum absolute atomic E-state index is 5.10. The molecule has 0 bridgehead atoms. The van der Waals surface area contributed by atoms with E-state index in [9.17, 15) is 0 Å². The molecule has 2 N–H and O–H groups in total. The van der Waals surface area contributed by atoms with Gasteiger partial charge in [0.05, 0.1) is 6.04 Å². The molecule has 1 unspecified atom stereocenters. The lowest BCUT2D eigenvalue weighted by Gasteiger charge is -2.15. The van der Waals surface area contributed by atoms with Crippen molar-refractivity contribution in [2.75, 3.05) is 7.05 Å². The second-order valence-electron chi connectivity index (χ2n) is 3.51. The van der Waals surface area contributed by atoms with Crippen LogP contribution in [0.25, 0.3) is 0 Å². The van der Waals surface area contributed by atoms with Gasteiger partial charge in [0, 0.05) is 7.05 Å². The summed E-state index contributed by atoms with van der Waals surface area (Å²) in [6.07, 6.45) is 2.29. The fourth-order valence-electron chi connectivity index (χ4n) is 1.94. The molecule has 0 fully saturated rings. The van der Waals surface area contributed by atoms with E-state index in [-0.39, 0.29) is 0 Å². The van der Waals surface area contributed by atoms with Crippen molar-refractivity contribution in [2.45, 2.75) is 18.9 Å². The molecule has 14 heavy (non-hydrogen) atoms. The van der Waals surface area contributed by atoms with Gasteiger partial charge in [0.2, 0.25) is 0 Å². The molecule has 2 rings (SSSR count). The minimum absolute atomic E-state index is 0.395. The lowest BCUT2D eigenvalue weighted by Crippen LogP contribution is -2.34. The summed E-state index contributed by atoms with van der Waals surface area (Å²) < 4.78 is 0. The fraction of sp³-hybridized carbons (Fsp3) is 0.364. The smallest absolute Gasteiger partial charge is 0.166 e. The highest BCUT2D eigenvalue weighted by Gasteiger charge is 2.21. The monoisotopic (exact) mass is 206 g/mol. The van der Waals surface area contributed by atoms with Crippen molar-refractivity contribution < 1.29 is 0 Å². The molecule has 1 aliphatic rings. The quantitative estimate of drug-likeness (QED) is 0.685. The molecule has 1 aromatic carbocycles. The molecule has 0 heterocycles. The standard InChI is InChI=1S/C11H14N2S/c1-12-11(14)13-10-7-6-8-4-2-3-5-9(8)10/h2-5,10H,6-7H2,1H3,(H2,12,13,14). The molecule has 0 aliphatic heterocycles. The first-order chi connectivity index (χ1) is 6.81. The highest BCUT2D eigenvalue weighted by molar-refractivity contribution is 7.80. The minimum atomic E-state index is 0.395. The second kappa shape index (κ2) is 3.96. The Morgan fingerprint density at radius 2 is 2.21 bits per heavy atom. The average molecular weight is 206 g/mol. The second-order valence-corrected chi connectivity index (χ2v) is 3.92. The highest BCUT2D eigenvalue weighted by atomic mass is 32.1. The predicted molar refractivity (Wildman–Crippen MR) is 62.3 cm³/mol. The molecule has 1 atom stereocenters. The van der Waals surface area contributed by atoms with Gasteiger partial charge >= 0.3 is 0 Å². The summed E-state index contributed by atoms with van der Waals surface area (Å²) in [4.78, 5) is 0. The number of rotatable bonds is 1. The molecule has 0 amide bonds. The first kappa shape index (κ1) is 9.46. The van der Waals surface area contributed by atoms with E-state index in [4.69, 9.17) is 12.2 Å². The molecule has 2 nitrogen and oxygen atoms in total. The summed E-state index contributed by atoms with van der Waals surface area (Å²) >= 11 is 5.10. The van der Waals surface area contributed by atoms with Crippen molar-refractivity contribution in [1.29, 1.82) is 0 Å². The maximum Gasteiger partial charge on any atom is 0.166 e. The van der Waals surface area contributed by atoms with Crippen LogP contribution >= 0.6 is 12.2 Å². The van der Waals surface area contributed by atoms with Gasteiger partial charge in [0.25, 0.3) is 0 Å². The summed E-state index contributed by atoms with van der Waals surface area (Å²) in [5, 5.41) is 6.98. The van der Waals surface area contributed by atoms with E-state index < -0.39 is 0 Å². The Bertz CT molecular complexity index is 349. The Labute approximate surface area is 89.7 Å². The van der Waals surface area contributed by atoms with Crippen LogP contribution in [0.4, 0.5) is 0 Å². The average Bonchev–Trinajstić information content (AvgIpc) is 2.62. The summed E-state index contributed by atoms with van der Waals surface area (Å²) in [7, 11) is 1.84. The number of aryl methyl sites for hydroxylation is 1. The van der Waals surface area contributed by atoms with Crippen LogP contribution in [-0.4, -0.2) is 12.2 Å². The topological polar surface area (TPSA) is 24.1 Å². The van der Waals surface area contributed by atoms with Crippen LogP contribution in [0.1, 0.15) is 23.6 Å². The molecule has 0 radical (unpaired) electrons. The van der Waals surface area contributed by atoms with Crippen molar-refractivity contribution >= 4 is 17.3 Å². The summed E-state index contributed by atoms with van der Waals surface area (Å²) in [5.74, 6) is 0. The minimum Gasteiger partial charge on any atom is -0.366 e. The third kappa shape index (κ3) is 1.73. The third-order valence-corrected chi connectivity index (χ3v) is 2.99. The first-order valence-corrected chi connectivity index (χ1v) is 5.28. The molecular weight excluding hydrogens is 192 g/mol. The van der Waals surface area contributed by atoms with Gasteiger partial charge < -0.3 is 10.6 Å². The lowest BCUT2D eigenvalue weighted by atomic mass is 10.1. The van der Waals surface area contributed by atoms with Crippen LogP contribution < -0.4 is 10.6 Å². The zero-order valence-electron chi connectivity index (χ0n) is 8.21. The Morgan fingerprint density at radius 3 is 3.00 bits per heavy atom. The van der Waals surface area contributed by atoms with E-state index in [1.807, 2.05) is 7.05 Å². The number of thiocarbonyl (C=S) groups is 1. The molecule has 74 valence electrons. The molecule has 0 aromatic heterocycles. The Hall–Kier alpha value is -1.09. The van der Waals surface area contributed by atoms with Gasteiger partial charge in [-0.15, -0.1) is 0 Å². The van der Waals surface area contributed by atoms with Crippen molar-refractivity contribution in [1.82, 2.24) is 10.6 Å². The number of nitrogens with one attached hydrogen (secondary N) is 2. The zero-order valence-corrected chi connectivity index (χ0v) is 9.03. The molecule has 0 spiro atoms. The van der Waals surface area contributed by atoms with Crippen LogP contribution in [-0.2, 0) is 6.42 Å². The summed E-state index contributed by atoms with van der Waals surface area (Å²) in [6.45, 7) is 0. The van der Waals surface area contributed by atoms with Gasteiger partial charge in [0.1, 0.15) is 0 Å². The SMILES string of the molecule is CNC(=S)NC1CCc2ccccc21. The normalized spacial score (nSPS) is 18.8. The van der Waals surface area contributed by atoms with Gasteiger partial charge in [-0.1, -0.05) is 24.3 Å². The number of hydrogen-bond acceptors (Lipinski definition) is 1. The van der Waals surface area contributed by atoms with Gasteiger partial charge in [-0.2, -0.15) is 0 Å². The van der Waals surface area contributed by atoms with Crippen molar-refractivity contribution in [3.63, 3.8) is 0 Å². The van der Waals surface area contributed by atoms with Crippen LogP contribution in [0.3, 0.4) is 0 Å². The van der Waals surface area contributed by atoms with Crippen LogP contribution in [0, 0.1) is 0 Å². The van der Waals surface area contributed by atoms with E-state index >= 15 is 0 Å². The maximum atomic E-state index is 5.10. The number of benzene rings is 1. The molecule has 1 aliphatic carbocycles. The van der Waals surface area contributed by atoms with Gasteiger partial charge in [-0.3, -0.25) is 0 Å². The Balaban J connectivity index is 2.14. The molecule has 1 aromatic rings. The summed E-state index contributed by atoms with van der Waals surface area (Å²) in [6, 6.07) is 8.95. The van der Waals surface area contributed by atoms with Gasteiger partial charge in [0.15, 0.2) is 5.11 Å². The van der Waals surface area contributed by atoms with E-state index in [2.05, 4.69) is 34.9 Å². The molecular formula is C11H14N2S. The third-order valence-electron chi connectivity index (χ3n) is 2.67.